The van der Waals surface area contributed by atoms with Crippen molar-refractivity contribution in [2.45, 2.75) is 45.8 Å². The minimum absolute atomic E-state index is 0.127. The molecule has 0 aromatic heterocycles. The molecule has 2 aromatic carbocycles. The molecule has 1 aliphatic heterocycles. The van der Waals surface area contributed by atoms with Crippen LogP contribution in [0, 0.1) is 0 Å². The number of hydrogen-bond donors (Lipinski definition) is 1. The van der Waals surface area contributed by atoms with Crippen LogP contribution in [-0.2, 0) is 22.6 Å². The van der Waals surface area contributed by atoms with Crippen molar-refractivity contribution in [1.29, 1.82) is 0 Å². The molecule has 0 spiro atoms. The topological polar surface area (TPSA) is 58.6 Å². The predicted molar refractivity (Wildman–Crippen MR) is 106 cm³/mol. The Kier molecular flexibility index (Phi) is 6.12. The van der Waals surface area contributed by atoms with Crippen molar-refractivity contribution < 1.29 is 14.3 Å². The number of amides is 2. The standard InChI is InChI=1S/C22H26N2O3/c1-3-19(22(26)23-15-16-9-6-5-7-10-16)27-20-12-8-11-18-17(20)13-14-21(25)24(18)4-2/h5-12,19H,3-4,13-15H2,1-2H3,(H,23,26). The summed E-state index contributed by atoms with van der Waals surface area (Å²) in [6, 6.07) is 15.5. The number of carbonyl (C=O) groups excluding carboxylic acids is 2. The van der Waals surface area contributed by atoms with E-state index in [1.54, 1.807) is 4.90 Å². The molecule has 0 aliphatic carbocycles. The summed E-state index contributed by atoms with van der Waals surface area (Å²) < 4.78 is 6.09. The van der Waals surface area contributed by atoms with Crippen LogP contribution in [0.5, 0.6) is 5.75 Å². The van der Waals surface area contributed by atoms with Crippen molar-refractivity contribution in [3.63, 3.8) is 0 Å². The smallest absolute Gasteiger partial charge is 0.261 e. The number of benzene rings is 2. The van der Waals surface area contributed by atoms with Crippen molar-refractivity contribution in [2.75, 3.05) is 11.4 Å². The van der Waals surface area contributed by atoms with Gasteiger partial charge in [-0.15, -0.1) is 0 Å². The molecule has 0 saturated carbocycles. The van der Waals surface area contributed by atoms with E-state index in [9.17, 15) is 9.59 Å². The summed E-state index contributed by atoms with van der Waals surface area (Å²) in [4.78, 5) is 26.5. The van der Waals surface area contributed by atoms with Gasteiger partial charge in [0.05, 0.1) is 5.69 Å². The lowest BCUT2D eigenvalue weighted by Crippen LogP contribution is -2.38. The Morgan fingerprint density at radius 2 is 1.89 bits per heavy atom. The Hall–Kier alpha value is -2.82. The molecule has 0 radical (unpaired) electrons. The van der Waals surface area contributed by atoms with Gasteiger partial charge in [-0.2, -0.15) is 0 Å². The third kappa shape index (κ3) is 4.30. The van der Waals surface area contributed by atoms with Gasteiger partial charge in [-0.3, -0.25) is 9.59 Å². The molecule has 1 heterocycles. The van der Waals surface area contributed by atoms with Crippen LogP contribution in [0.4, 0.5) is 5.69 Å². The fourth-order valence-electron chi connectivity index (χ4n) is 3.39. The SMILES string of the molecule is CCC(Oc1cccc2c1CCC(=O)N2CC)C(=O)NCc1ccccc1. The Labute approximate surface area is 160 Å². The van der Waals surface area contributed by atoms with E-state index < -0.39 is 6.10 Å². The van der Waals surface area contributed by atoms with Gasteiger partial charge in [-0.05, 0) is 37.5 Å². The highest BCUT2D eigenvalue weighted by atomic mass is 16.5. The van der Waals surface area contributed by atoms with Gasteiger partial charge in [0.15, 0.2) is 6.10 Å². The first-order valence-electron chi connectivity index (χ1n) is 9.54. The molecule has 1 N–H and O–H groups in total. The third-order valence-electron chi connectivity index (χ3n) is 4.85. The van der Waals surface area contributed by atoms with E-state index in [2.05, 4.69) is 5.32 Å². The van der Waals surface area contributed by atoms with E-state index in [0.717, 1.165) is 16.8 Å². The highest BCUT2D eigenvalue weighted by Crippen LogP contribution is 2.35. The van der Waals surface area contributed by atoms with Crippen LogP contribution in [-0.4, -0.2) is 24.5 Å². The van der Waals surface area contributed by atoms with Crippen molar-refractivity contribution in [2.24, 2.45) is 0 Å². The molecule has 0 saturated heterocycles. The summed E-state index contributed by atoms with van der Waals surface area (Å²) in [5.74, 6) is 0.702. The van der Waals surface area contributed by atoms with E-state index in [-0.39, 0.29) is 11.8 Å². The van der Waals surface area contributed by atoms with Crippen LogP contribution < -0.4 is 15.0 Å². The minimum Gasteiger partial charge on any atom is -0.480 e. The van der Waals surface area contributed by atoms with Gasteiger partial charge in [-0.1, -0.05) is 43.3 Å². The number of hydrogen-bond acceptors (Lipinski definition) is 3. The first-order chi connectivity index (χ1) is 13.1. The number of ether oxygens (including phenoxy) is 1. The molecular weight excluding hydrogens is 340 g/mol. The van der Waals surface area contributed by atoms with E-state index in [1.807, 2.05) is 62.4 Å². The fraction of sp³-hybridized carbons (Fsp3) is 0.364. The molecule has 2 aromatic rings. The molecule has 5 heteroatoms. The Morgan fingerprint density at radius 1 is 1.11 bits per heavy atom. The van der Waals surface area contributed by atoms with Crippen molar-refractivity contribution in [3.8, 4) is 5.75 Å². The highest BCUT2D eigenvalue weighted by molar-refractivity contribution is 5.97. The minimum atomic E-state index is -0.562. The fourth-order valence-corrected chi connectivity index (χ4v) is 3.39. The van der Waals surface area contributed by atoms with Gasteiger partial charge in [0.25, 0.3) is 5.91 Å². The molecule has 0 bridgehead atoms. The maximum Gasteiger partial charge on any atom is 0.261 e. The molecule has 27 heavy (non-hydrogen) atoms. The molecule has 1 unspecified atom stereocenters. The zero-order valence-electron chi connectivity index (χ0n) is 15.9. The quantitative estimate of drug-likeness (QED) is 0.816. The van der Waals surface area contributed by atoms with E-state index >= 15 is 0 Å². The summed E-state index contributed by atoms with van der Waals surface area (Å²) in [7, 11) is 0. The number of rotatable bonds is 7. The van der Waals surface area contributed by atoms with Crippen molar-refractivity contribution in [3.05, 3.63) is 59.7 Å². The zero-order valence-corrected chi connectivity index (χ0v) is 15.9. The molecule has 1 atom stereocenters. The number of nitrogens with zero attached hydrogens (tertiary/aromatic N) is 1. The van der Waals surface area contributed by atoms with Gasteiger partial charge in [0.1, 0.15) is 5.75 Å². The maximum atomic E-state index is 12.6. The normalized spacial score (nSPS) is 14.4. The van der Waals surface area contributed by atoms with Crippen LogP contribution in [0.2, 0.25) is 0 Å². The lowest BCUT2D eigenvalue weighted by atomic mass is 10.00. The molecular formula is C22H26N2O3. The lowest BCUT2D eigenvalue weighted by molar-refractivity contribution is -0.128. The van der Waals surface area contributed by atoms with Crippen LogP contribution in [0.3, 0.4) is 0 Å². The van der Waals surface area contributed by atoms with Gasteiger partial charge < -0.3 is 15.0 Å². The summed E-state index contributed by atoms with van der Waals surface area (Å²) >= 11 is 0. The molecule has 0 fully saturated rings. The molecule has 5 nitrogen and oxygen atoms in total. The summed E-state index contributed by atoms with van der Waals surface area (Å²) in [6.45, 7) is 5.00. The van der Waals surface area contributed by atoms with Gasteiger partial charge >= 0.3 is 0 Å². The first-order valence-corrected chi connectivity index (χ1v) is 9.54. The third-order valence-corrected chi connectivity index (χ3v) is 4.85. The average molecular weight is 366 g/mol. The molecule has 2 amide bonds. The van der Waals surface area contributed by atoms with E-state index in [0.29, 0.717) is 38.1 Å². The van der Waals surface area contributed by atoms with Gasteiger partial charge in [-0.25, -0.2) is 0 Å². The second-order valence-corrected chi connectivity index (χ2v) is 6.61. The maximum absolute atomic E-state index is 12.6. The van der Waals surface area contributed by atoms with Crippen molar-refractivity contribution >= 4 is 17.5 Å². The Balaban J connectivity index is 1.72. The average Bonchev–Trinajstić information content (AvgIpc) is 2.70. The summed E-state index contributed by atoms with van der Waals surface area (Å²) in [5.41, 5.74) is 2.95. The Bertz CT molecular complexity index is 804. The summed E-state index contributed by atoms with van der Waals surface area (Å²) in [5, 5.41) is 2.95. The molecule has 1 aliphatic rings. The monoisotopic (exact) mass is 366 g/mol. The van der Waals surface area contributed by atoms with Crippen LogP contribution in [0.1, 0.15) is 37.8 Å². The largest absolute Gasteiger partial charge is 0.480 e. The second kappa shape index (κ2) is 8.71. The number of nitrogens with one attached hydrogen (secondary N) is 1. The van der Waals surface area contributed by atoms with Crippen LogP contribution >= 0.6 is 0 Å². The lowest BCUT2D eigenvalue weighted by Gasteiger charge is -2.30. The number of fused-ring (bicyclic) bond motifs is 1. The second-order valence-electron chi connectivity index (χ2n) is 6.61. The van der Waals surface area contributed by atoms with Crippen molar-refractivity contribution in [1.82, 2.24) is 5.32 Å². The summed E-state index contributed by atoms with van der Waals surface area (Å²) in [6.07, 6.45) is 1.12. The van der Waals surface area contributed by atoms with E-state index in [1.165, 1.54) is 0 Å². The number of carbonyl (C=O) groups is 2. The highest BCUT2D eigenvalue weighted by Gasteiger charge is 2.27. The van der Waals surface area contributed by atoms with E-state index in [4.69, 9.17) is 4.74 Å². The van der Waals surface area contributed by atoms with Gasteiger partial charge in [0.2, 0.25) is 5.91 Å². The van der Waals surface area contributed by atoms with Crippen LogP contribution in [0.15, 0.2) is 48.5 Å². The van der Waals surface area contributed by atoms with Gasteiger partial charge in [0, 0.05) is 25.1 Å². The predicted octanol–water partition coefficient (Wildman–Crippen LogP) is 3.46. The van der Waals surface area contributed by atoms with Crippen LogP contribution in [0.25, 0.3) is 0 Å². The molecule has 142 valence electrons. The first kappa shape index (κ1) is 19.0. The molecule has 3 rings (SSSR count). The Morgan fingerprint density at radius 3 is 2.59 bits per heavy atom. The number of anilines is 1. The zero-order chi connectivity index (χ0) is 19.2.